The van der Waals surface area contributed by atoms with Gasteiger partial charge in [-0.15, -0.1) is 0 Å². The molecule has 4 aliphatic heterocycles. The average molecular weight is 682 g/mol. The van der Waals surface area contributed by atoms with Crippen molar-refractivity contribution in [2.75, 3.05) is 43.4 Å². The van der Waals surface area contributed by atoms with Crippen molar-refractivity contribution in [3.63, 3.8) is 0 Å². The van der Waals surface area contributed by atoms with E-state index in [1.54, 1.807) is 23.0 Å². The highest BCUT2D eigenvalue weighted by Gasteiger charge is 2.46. The van der Waals surface area contributed by atoms with Crippen LogP contribution in [0.5, 0.6) is 0 Å². The van der Waals surface area contributed by atoms with Crippen LogP contribution in [0.4, 0.5) is 20.2 Å². The van der Waals surface area contributed by atoms with Crippen molar-refractivity contribution in [1.82, 2.24) is 24.9 Å². The molecule has 4 N–H and O–H groups in total. The number of aliphatic hydroxyl groups excluding tert-OH is 1. The number of hydrogen-bond donors (Lipinski definition) is 3. The van der Waals surface area contributed by atoms with Crippen LogP contribution in [-0.4, -0.2) is 93.2 Å². The highest BCUT2D eigenvalue weighted by Crippen LogP contribution is 2.39. The minimum atomic E-state index is -2.66. The molecule has 1 aliphatic carbocycles. The normalized spacial score (nSPS) is 26.8. The van der Waals surface area contributed by atoms with Crippen LogP contribution in [0.15, 0.2) is 24.4 Å². The van der Waals surface area contributed by atoms with Gasteiger partial charge in [0.05, 0.1) is 34.6 Å². The summed E-state index contributed by atoms with van der Waals surface area (Å²) < 4.78 is 27.9. The van der Waals surface area contributed by atoms with Gasteiger partial charge in [0.1, 0.15) is 6.04 Å². The molecule has 2 unspecified atom stereocenters. The van der Waals surface area contributed by atoms with E-state index >= 15 is 0 Å². The number of nitrogens with one attached hydrogen (secondary N) is 1. The van der Waals surface area contributed by atoms with Gasteiger partial charge in [0.15, 0.2) is 5.69 Å². The lowest BCUT2D eigenvalue weighted by Gasteiger charge is -2.41. The molecule has 0 spiro atoms. The molecule has 49 heavy (non-hydrogen) atoms. The van der Waals surface area contributed by atoms with E-state index in [0.717, 1.165) is 75.9 Å². The van der Waals surface area contributed by atoms with Gasteiger partial charge in [-0.2, -0.15) is 5.10 Å². The van der Waals surface area contributed by atoms with Gasteiger partial charge in [-0.1, -0.05) is 6.07 Å². The van der Waals surface area contributed by atoms with E-state index in [4.69, 9.17) is 5.73 Å². The number of halogens is 2. The van der Waals surface area contributed by atoms with Crippen LogP contribution < -0.4 is 16.0 Å². The third kappa shape index (κ3) is 6.56. The van der Waals surface area contributed by atoms with Crippen LogP contribution >= 0.6 is 0 Å². The molecule has 14 heteroatoms. The summed E-state index contributed by atoms with van der Waals surface area (Å²) in [4.78, 5) is 56.6. The summed E-state index contributed by atoms with van der Waals surface area (Å²) in [7, 11) is 0. The Morgan fingerprint density at radius 2 is 1.57 bits per heavy atom. The second kappa shape index (κ2) is 13.8. The molecule has 4 amide bonds. The van der Waals surface area contributed by atoms with Crippen molar-refractivity contribution in [2.45, 2.75) is 88.8 Å². The number of likely N-dealkylation sites (tertiary alicyclic amines) is 1. The van der Waals surface area contributed by atoms with Gasteiger partial charge in [-0.05, 0) is 101 Å². The number of aromatic nitrogens is 2. The maximum atomic E-state index is 13.6. The van der Waals surface area contributed by atoms with Gasteiger partial charge in [-0.3, -0.25) is 34.1 Å². The summed E-state index contributed by atoms with van der Waals surface area (Å²) in [5, 5.41) is 17.7. The Bertz CT molecular complexity index is 1590. The molecule has 2 atom stereocenters. The summed E-state index contributed by atoms with van der Waals surface area (Å²) in [6.45, 7) is 4.21. The number of nitrogens with zero attached hydrogens (tertiary/aromatic N) is 5. The van der Waals surface area contributed by atoms with Crippen LogP contribution in [0.2, 0.25) is 0 Å². The fraction of sp³-hybridized carbons (Fsp3) is 0.629. The largest absolute Gasteiger partial charge is 0.396 e. The molecule has 264 valence electrons. The second-order valence-electron chi connectivity index (χ2n) is 14.5. The van der Waals surface area contributed by atoms with Gasteiger partial charge in [-0.25, -0.2) is 8.78 Å². The highest BCUT2D eigenvalue weighted by molar-refractivity contribution is 6.25. The number of anilines is 2. The zero-order chi connectivity index (χ0) is 34.4. The highest BCUT2D eigenvalue weighted by atomic mass is 19.3. The van der Waals surface area contributed by atoms with E-state index in [-0.39, 0.29) is 47.7 Å². The number of hydrogen-bond acceptors (Lipinski definition) is 9. The van der Waals surface area contributed by atoms with Gasteiger partial charge < -0.3 is 20.6 Å². The standard InChI is InChI=1S/C35H45F2N7O5/c36-32(37)30-25(38)19-43(40-30)23-6-4-20(5-7-23)18-41-14-10-21(11-15-41)31(46)22-12-16-42(17-13-22)26-3-1-2-24-29(26)35(49)44(34(24)48)27-8-9-28(45)39-33(27)47/h1-3,19-23,27,31-32,46H,4-18,38H2,(H,39,45,47). The molecule has 0 radical (unpaired) electrons. The third-order valence-electron chi connectivity index (χ3n) is 11.6. The molecule has 3 saturated heterocycles. The number of nitrogen functional groups attached to an aromatic ring is 1. The molecule has 7 rings (SSSR count). The molecule has 4 fully saturated rings. The molecule has 1 saturated carbocycles. The quantitative estimate of drug-likeness (QED) is 0.355. The van der Waals surface area contributed by atoms with E-state index in [9.17, 15) is 33.1 Å². The molecular formula is C35H45F2N7O5. The Morgan fingerprint density at radius 3 is 2.20 bits per heavy atom. The van der Waals surface area contributed by atoms with Gasteiger partial charge >= 0.3 is 0 Å². The first-order chi connectivity index (χ1) is 23.6. The number of aliphatic hydroxyl groups is 1. The SMILES string of the molecule is Nc1cn(C2CCC(CN3CCC(C(O)C4CCN(c5cccc6c5C(=O)N(C5CCC(=O)NC5=O)C6=O)CC4)CC3)CC2)nc1C(F)F. The summed E-state index contributed by atoms with van der Waals surface area (Å²) in [6, 6.07) is 4.32. The Balaban J connectivity index is 0.879. The van der Waals surface area contributed by atoms with E-state index in [1.807, 2.05) is 6.07 Å². The number of carbonyl (C=O) groups is 4. The smallest absolute Gasteiger partial charge is 0.284 e. The molecule has 1 aromatic heterocycles. The van der Waals surface area contributed by atoms with Crippen molar-refractivity contribution >= 4 is 35.0 Å². The summed E-state index contributed by atoms with van der Waals surface area (Å²) >= 11 is 0. The number of amides is 4. The number of imide groups is 2. The number of piperidine rings is 3. The fourth-order valence-electron chi connectivity index (χ4n) is 8.84. The molecule has 5 heterocycles. The number of rotatable bonds is 8. The minimum absolute atomic E-state index is 0.0568. The van der Waals surface area contributed by atoms with Crippen LogP contribution in [0.25, 0.3) is 0 Å². The Kier molecular flexibility index (Phi) is 9.44. The maximum Gasteiger partial charge on any atom is 0.284 e. The van der Waals surface area contributed by atoms with Crippen LogP contribution in [0.1, 0.15) is 103 Å². The molecule has 0 bridgehead atoms. The Morgan fingerprint density at radius 1 is 0.898 bits per heavy atom. The Hall–Kier alpha value is -3.91. The van der Waals surface area contributed by atoms with E-state index in [2.05, 4.69) is 20.2 Å². The van der Waals surface area contributed by atoms with Crippen molar-refractivity contribution < 1.29 is 33.1 Å². The Labute approximate surface area is 283 Å². The molecule has 1 aromatic carbocycles. The summed E-state index contributed by atoms with van der Waals surface area (Å²) in [5.74, 6) is -1.09. The monoisotopic (exact) mass is 681 g/mol. The molecule has 2 aromatic rings. The molecule has 12 nitrogen and oxygen atoms in total. The average Bonchev–Trinajstić information content (AvgIpc) is 3.62. The first kappa shape index (κ1) is 33.6. The van der Waals surface area contributed by atoms with Gasteiger partial charge in [0, 0.05) is 32.3 Å². The fourth-order valence-corrected chi connectivity index (χ4v) is 8.84. The number of carbonyl (C=O) groups excluding carboxylic acids is 4. The van der Waals surface area contributed by atoms with E-state index in [0.29, 0.717) is 30.3 Å². The summed E-state index contributed by atoms with van der Waals surface area (Å²) in [5.41, 5.74) is 6.73. The number of fused-ring (bicyclic) bond motifs is 1. The van der Waals surface area contributed by atoms with Gasteiger partial charge in [0.25, 0.3) is 18.2 Å². The molecular weight excluding hydrogens is 636 g/mol. The lowest BCUT2D eigenvalue weighted by molar-refractivity contribution is -0.136. The van der Waals surface area contributed by atoms with E-state index in [1.165, 1.54) is 0 Å². The van der Waals surface area contributed by atoms with Gasteiger partial charge in [0.2, 0.25) is 11.8 Å². The summed E-state index contributed by atoms with van der Waals surface area (Å²) in [6.07, 6.45) is 5.95. The minimum Gasteiger partial charge on any atom is -0.396 e. The maximum absolute atomic E-state index is 13.6. The van der Waals surface area contributed by atoms with E-state index < -0.39 is 42.2 Å². The first-order valence-corrected chi connectivity index (χ1v) is 17.7. The van der Waals surface area contributed by atoms with Crippen molar-refractivity contribution in [3.8, 4) is 0 Å². The lowest BCUT2D eigenvalue weighted by atomic mass is 9.79. The third-order valence-corrected chi connectivity index (χ3v) is 11.6. The predicted octanol–water partition coefficient (Wildman–Crippen LogP) is 3.52. The van der Waals surface area contributed by atoms with Crippen LogP contribution in [0.3, 0.4) is 0 Å². The predicted molar refractivity (Wildman–Crippen MR) is 176 cm³/mol. The van der Waals surface area contributed by atoms with Crippen molar-refractivity contribution in [3.05, 3.63) is 41.2 Å². The van der Waals surface area contributed by atoms with Crippen molar-refractivity contribution in [2.24, 2.45) is 17.8 Å². The number of nitrogens with two attached hydrogens (primary N) is 1. The topological polar surface area (TPSA) is 154 Å². The first-order valence-electron chi connectivity index (χ1n) is 17.7. The molecule has 5 aliphatic rings. The number of alkyl halides is 2. The number of benzene rings is 1. The zero-order valence-corrected chi connectivity index (χ0v) is 27.6. The lowest BCUT2D eigenvalue weighted by Crippen LogP contribution is -2.54. The van der Waals surface area contributed by atoms with Crippen LogP contribution in [0, 0.1) is 17.8 Å². The zero-order valence-electron chi connectivity index (χ0n) is 27.6. The second-order valence-corrected chi connectivity index (χ2v) is 14.5. The van der Waals surface area contributed by atoms with Crippen LogP contribution in [-0.2, 0) is 9.59 Å². The van der Waals surface area contributed by atoms with Crippen molar-refractivity contribution in [1.29, 1.82) is 0 Å².